The fourth-order valence-electron chi connectivity index (χ4n) is 2.66. The molecule has 1 unspecified atom stereocenters. The van der Waals surface area contributed by atoms with Crippen molar-refractivity contribution in [3.63, 3.8) is 0 Å². The summed E-state index contributed by atoms with van der Waals surface area (Å²) in [5.74, 6) is -0.277. The first-order chi connectivity index (χ1) is 15.7. The molecule has 0 bridgehead atoms. The number of aliphatic hydroxyl groups excluding tert-OH is 5. The van der Waals surface area contributed by atoms with Crippen LogP contribution in [0.3, 0.4) is 0 Å². The number of rotatable bonds is 19. The summed E-state index contributed by atoms with van der Waals surface area (Å²) in [5.41, 5.74) is 0. The number of carbonyl (C=O) groups excluding carboxylic acids is 1. The van der Waals surface area contributed by atoms with E-state index in [-0.39, 0.29) is 32.4 Å². The number of carbonyl (C=O) groups is 1. The van der Waals surface area contributed by atoms with Gasteiger partial charge in [-0.1, -0.05) is 84.0 Å². The number of hydrogen-bond donors (Lipinski definition) is 8. The van der Waals surface area contributed by atoms with Crippen molar-refractivity contribution < 1.29 is 50.1 Å². The minimum absolute atomic E-state index is 0.103. The summed E-state index contributed by atoms with van der Waals surface area (Å²) in [5, 5.41) is 63.2. The Hall–Kier alpha value is -0.785. The van der Waals surface area contributed by atoms with E-state index in [1.807, 2.05) is 0 Å². The van der Waals surface area contributed by atoms with Gasteiger partial charge in [0.15, 0.2) is 0 Å². The molecule has 0 aromatic rings. The van der Waals surface area contributed by atoms with E-state index in [0.717, 1.165) is 12.8 Å². The molecule has 0 aromatic heterocycles. The Bertz CT molecular complexity index is 368. The highest BCUT2D eigenvalue weighted by Gasteiger charge is 2.07. The van der Waals surface area contributed by atoms with Gasteiger partial charge in [-0.05, 0) is 6.42 Å². The Morgan fingerprint density at radius 3 is 1.30 bits per heavy atom. The summed E-state index contributed by atoms with van der Waals surface area (Å²) in [7, 11) is -2.17. The van der Waals surface area contributed by atoms with Gasteiger partial charge in [0.05, 0.1) is 19.8 Å². The molecule has 0 aliphatic heterocycles. The van der Waals surface area contributed by atoms with E-state index in [0.29, 0.717) is 6.42 Å². The van der Waals surface area contributed by atoms with Crippen LogP contribution in [0.1, 0.15) is 96.8 Å². The summed E-state index contributed by atoms with van der Waals surface area (Å²) in [6, 6.07) is 0. The van der Waals surface area contributed by atoms with E-state index < -0.39 is 19.5 Å². The van der Waals surface area contributed by atoms with Crippen molar-refractivity contribution in [3.05, 3.63) is 0 Å². The molecule has 0 amide bonds. The molecule has 33 heavy (non-hydrogen) atoms. The molecule has 1 atom stereocenters. The molecular formula is C22H49BO10. The lowest BCUT2D eigenvalue weighted by molar-refractivity contribution is -0.147. The molecule has 10 nitrogen and oxygen atoms in total. The first-order valence-corrected chi connectivity index (χ1v) is 12.1. The fraction of sp³-hybridized carbons (Fsp3) is 0.955. The van der Waals surface area contributed by atoms with Crippen LogP contribution in [0, 0.1) is 0 Å². The molecule has 0 spiro atoms. The van der Waals surface area contributed by atoms with Gasteiger partial charge in [0.1, 0.15) is 18.8 Å². The Kier molecular flexibility index (Phi) is 34.8. The van der Waals surface area contributed by atoms with Gasteiger partial charge in [-0.15, -0.1) is 0 Å². The highest BCUT2D eigenvalue weighted by molar-refractivity contribution is 6.30. The third-order valence-electron chi connectivity index (χ3n) is 4.55. The van der Waals surface area contributed by atoms with E-state index >= 15 is 0 Å². The predicted octanol–water partition coefficient (Wildman–Crippen LogP) is 0.644. The standard InChI is InChI=1S/C19H38O4.C3H8O3.BH3O3/c1-2-3-4-5-6-7-8-9-10-11-12-13-14-15-19(22)23-17-18(21)16-20;4-1-3(6)2-5;2-1(3)4/h18,20-21H,2-17H2,1H3;3-6H,1-2H2;2-4H. The zero-order chi connectivity index (χ0) is 25.7. The van der Waals surface area contributed by atoms with Crippen LogP contribution in [0.5, 0.6) is 0 Å². The minimum Gasteiger partial charge on any atom is -0.463 e. The van der Waals surface area contributed by atoms with Gasteiger partial charge >= 0.3 is 13.3 Å². The summed E-state index contributed by atoms with van der Waals surface area (Å²) in [4.78, 5) is 11.3. The molecule has 0 saturated carbocycles. The van der Waals surface area contributed by atoms with Crippen LogP contribution in [-0.4, -0.2) is 92.5 Å². The molecule has 11 heteroatoms. The van der Waals surface area contributed by atoms with Crippen LogP contribution in [-0.2, 0) is 9.53 Å². The topological polar surface area (TPSA) is 188 Å². The lowest BCUT2D eigenvalue weighted by Gasteiger charge is -2.08. The number of ether oxygens (including phenoxy) is 1. The smallest absolute Gasteiger partial charge is 0.463 e. The highest BCUT2D eigenvalue weighted by atomic mass is 16.5. The van der Waals surface area contributed by atoms with Crippen molar-refractivity contribution in [1.82, 2.24) is 0 Å². The maximum atomic E-state index is 11.3. The van der Waals surface area contributed by atoms with Crippen molar-refractivity contribution in [1.29, 1.82) is 0 Å². The van der Waals surface area contributed by atoms with Gasteiger partial charge in [-0.3, -0.25) is 4.79 Å². The summed E-state index contributed by atoms with van der Waals surface area (Å²) in [6.07, 6.45) is 15.2. The van der Waals surface area contributed by atoms with Crippen LogP contribution >= 0.6 is 0 Å². The second-order valence-electron chi connectivity index (χ2n) is 7.88. The number of esters is 1. The Labute approximate surface area is 199 Å². The molecule has 8 N–H and O–H groups in total. The van der Waals surface area contributed by atoms with Gasteiger partial charge < -0.3 is 45.3 Å². The molecule has 0 aromatic carbocycles. The van der Waals surface area contributed by atoms with Gasteiger partial charge in [0, 0.05) is 6.42 Å². The van der Waals surface area contributed by atoms with Crippen LogP contribution in [0.15, 0.2) is 0 Å². The Balaban J connectivity index is -0.000000747. The van der Waals surface area contributed by atoms with Gasteiger partial charge in [-0.25, -0.2) is 0 Å². The Morgan fingerprint density at radius 2 is 1.00 bits per heavy atom. The van der Waals surface area contributed by atoms with Crippen LogP contribution in [0.25, 0.3) is 0 Å². The van der Waals surface area contributed by atoms with Crippen LogP contribution < -0.4 is 0 Å². The van der Waals surface area contributed by atoms with Gasteiger partial charge in [-0.2, -0.15) is 0 Å². The third kappa shape index (κ3) is 41.9. The maximum absolute atomic E-state index is 11.3. The summed E-state index contributed by atoms with van der Waals surface area (Å²) < 4.78 is 4.85. The van der Waals surface area contributed by atoms with Crippen molar-refractivity contribution in [3.8, 4) is 0 Å². The van der Waals surface area contributed by atoms with Crippen molar-refractivity contribution in [2.24, 2.45) is 0 Å². The average Bonchev–Trinajstić information content (AvgIpc) is 2.79. The van der Waals surface area contributed by atoms with E-state index in [4.69, 9.17) is 45.3 Å². The largest absolute Gasteiger partial charge is 0.631 e. The summed E-state index contributed by atoms with van der Waals surface area (Å²) in [6.45, 7) is 1.05. The zero-order valence-corrected chi connectivity index (χ0v) is 20.4. The normalized spacial score (nSPS) is 11.2. The molecule has 0 radical (unpaired) electrons. The molecule has 0 heterocycles. The predicted molar refractivity (Wildman–Crippen MR) is 127 cm³/mol. The maximum Gasteiger partial charge on any atom is 0.631 e. The minimum atomic E-state index is -2.17. The fourth-order valence-corrected chi connectivity index (χ4v) is 2.66. The molecular weight excluding hydrogens is 435 g/mol. The summed E-state index contributed by atoms with van der Waals surface area (Å²) >= 11 is 0. The lowest BCUT2D eigenvalue weighted by Crippen LogP contribution is -2.21. The van der Waals surface area contributed by atoms with E-state index in [1.54, 1.807) is 0 Å². The van der Waals surface area contributed by atoms with E-state index in [9.17, 15) is 4.79 Å². The lowest BCUT2D eigenvalue weighted by atomic mass is 10.0. The van der Waals surface area contributed by atoms with E-state index in [1.165, 1.54) is 70.6 Å². The van der Waals surface area contributed by atoms with Gasteiger partial charge in [0.2, 0.25) is 0 Å². The van der Waals surface area contributed by atoms with Crippen LogP contribution in [0.4, 0.5) is 0 Å². The first kappa shape index (κ1) is 36.8. The zero-order valence-electron chi connectivity index (χ0n) is 20.4. The first-order valence-electron chi connectivity index (χ1n) is 12.1. The molecule has 0 saturated heterocycles. The highest BCUT2D eigenvalue weighted by Crippen LogP contribution is 2.13. The molecule has 200 valence electrons. The van der Waals surface area contributed by atoms with Crippen LogP contribution in [0.2, 0.25) is 0 Å². The number of unbranched alkanes of at least 4 members (excludes halogenated alkanes) is 12. The third-order valence-corrected chi connectivity index (χ3v) is 4.55. The molecule has 0 aliphatic rings. The average molecular weight is 484 g/mol. The molecule has 0 fully saturated rings. The van der Waals surface area contributed by atoms with E-state index in [2.05, 4.69) is 6.92 Å². The SMILES string of the molecule is CCCCCCCCCCCCCCCC(=O)OCC(O)CO.OB(O)O.OCC(O)CO. The molecule has 0 aliphatic carbocycles. The quantitative estimate of drug-likeness (QED) is 0.0734. The van der Waals surface area contributed by atoms with Crippen molar-refractivity contribution in [2.45, 2.75) is 109 Å². The van der Waals surface area contributed by atoms with Gasteiger partial charge in [0.25, 0.3) is 0 Å². The number of aliphatic hydroxyl groups is 5. The second kappa shape index (κ2) is 31.2. The molecule has 0 rings (SSSR count). The number of hydrogen-bond acceptors (Lipinski definition) is 10. The van der Waals surface area contributed by atoms with Crippen molar-refractivity contribution in [2.75, 3.05) is 26.4 Å². The Morgan fingerprint density at radius 1 is 0.667 bits per heavy atom. The monoisotopic (exact) mass is 484 g/mol. The second-order valence-corrected chi connectivity index (χ2v) is 7.88. The van der Waals surface area contributed by atoms with Crippen molar-refractivity contribution >= 4 is 13.3 Å².